The first kappa shape index (κ1) is 23.3. The van der Waals surface area contributed by atoms with E-state index in [0.29, 0.717) is 36.5 Å². The zero-order chi connectivity index (χ0) is 23.8. The van der Waals surface area contributed by atoms with Crippen LogP contribution < -0.4 is 16.0 Å². The number of rotatable bonds is 5. The molecular formula is C27H38N4O3. The van der Waals surface area contributed by atoms with E-state index in [1.54, 1.807) is 4.90 Å². The van der Waals surface area contributed by atoms with Gasteiger partial charge in [-0.1, -0.05) is 13.0 Å². The number of nitrogens with zero attached hydrogens (tertiary/aromatic N) is 2. The van der Waals surface area contributed by atoms with Gasteiger partial charge >= 0.3 is 0 Å². The first-order valence-corrected chi connectivity index (χ1v) is 13.2. The van der Waals surface area contributed by atoms with E-state index in [4.69, 9.17) is 5.73 Å². The molecule has 1 aromatic rings. The average Bonchev–Trinajstić information content (AvgIpc) is 3.18. The Labute approximate surface area is 202 Å². The van der Waals surface area contributed by atoms with Gasteiger partial charge in [0.15, 0.2) is 0 Å². The van der Waals surface area contributed by atoms with E-state index in [0.717, 1.165) is 43.7 Å². The molecule has 2 aliphatic heterocycles. The molecule has 1 atom stereocenters. The number of nitrogens with one attached hydrogen (secondary N) is 1. The number of amides is 3. The summed E-state index contributed by atoms with van der Waals surface area (Å²) in [5.41, 5.74) is 8.92. The number of benzene rings is 1. The summed E-state index contributed by atoms with van der Waals surface area (Å²) in [6.07, 6.45) is 10.1. The largest absolute Gasteiger partial charge is 0.365 e. The van der Waals surface area contributed by atoms with Gasteiger partial charge in [0.25, 0.3) is 5.91 Å². The highest BCUT2D eigenvalue weighted by atomic mass is 16.2. The van der Waals surface area contributed by atoms with Crippen LogP contribution in [0.2, 0.25) is 0 Å². The van der Waals surface area contributed by atoms with Crippen molar-refractivity contribution < 1.29 is 14.4 Å². The van der Waals surface area contributed by atoms with Crippen molar-refractivity contribution in [2.75, 3.05) is 11.4 Å². The SMILES string of the molecule is CC1CCC(N(c2cccc3c2CN(C2CCC(=O)NC2=O)C3=O)C2CCC(CN)CC2)CC1. The van der Waals surface area contributed by atoms with E-state index in [1.165, 1.54) is 31.4 Å². The molecule has 0 aromatic heterocycles. The second-order valence-corrected chi connectivity index (χ2v) is 10.9. The van der Waals surface area contributed by atoms with Crippen LogP contribution in [0.15, 0.2) is 18.2 Å². The van der Waals surface area contributed by atoms with Gasteiger partial charge in [-0.05, 0) is 88.3 Å². The van der Waals surface area contributed by atoms with Gasteiger partial charge in [0, 0.05) is 41.9 Å². The van der Waals surface area contributed by atoms with Crippen molar-refractivity contribution in [3.05, 3.63) is 29.3 Å². The minimum Gasteiger partial charge on any atom is -0.365 e. The number of carbonyl (C=O) groups is 3. The van der Waals surface area contributed by atoms with Gasteiger partial charge in [-0.2, -0.15) is 0 Å². The number of anilines is 1. The van der Waals surface area contributed by atoms with Crippen molar-refractivity contribution in [1.29, 1.82) is 0 Å². The van der Waals surface area contributed by atoms with E-state index in [2.05, 4.69) is 23.2 Å². The lowest BCUT2D eigenvalue weighted by molar-refractivity contribution is -0.136. The number of fused-ring (bicyclic) bond motifs is 1. The van der Waals surface area contributed by atoms with Crippen LogP contribution in [0.5, 0.6) is 0 Å². The molecule has 0 bridgehead atoms. The van der Waals surface area contributed by atoms with Gasteiger partial charge < -0.3 is 15.5 Å². The van der Waals surface area contributed by atoms with Crippen molar-refractivity contribution in [2.24, 2.45) is 17.6 Å². The molecule has 1 unspecified atom stereocenters. The van der Waals surface area contributed by atoms with Gasteiger partial charge in [-0.3, -0.25) is 19.7 Å². The maximum atomic E-state index is 13.4. The number of imide groups is 1. The standard InChI is InChI=1S/C27H38N4O3/c1-17-5-9-19(10-6-17)31(20-11-7-18(15-28)8-12-20)23-4-2-3-21-22(23)16-30(27(21)34)24-13-14-25(32)29-26(24)33/h2-4,17-20,24H,5-16,28H2,1H3,(H,29,32,33). The maximum absolute atomic E-state index is 13.4. The molecule has 4 aliphatic rings. The second kappa shape index (κ2) is 9.68. The van der Waals surface area contributed by atoms with E-state index >= 15 is 0 Å². The van der Waals surface area contributed by atoms with Gasteiger partial charge in [-0.15, -0.1) is 0 Å². The maximum Gasteiger partial charge on any atom is 0.255 e. The van der Waals surface area contributed by atoms with Crippen molar-refractivity contribution in [1.82, 2.24) is 10.2 Å². The summed E-state index contributed by atoms with van der Waals surface area (Å²) < 4.78 is 0. The summed E-state index contributed by atoms with van der Waals surface area (Å²) >= 11 is 0. The molecule has 34 heavy (non-hydrogen) atoms. The van der Waals surface area contributed by atoms with Crippen LogP contribution in [0.4, 0.5) is 5.69 Å². The van der Waals surface area contributed by atoms with Crippen molar-refractivity contribution >= 4 is 23.4 Å². The fourth-order valence-corrected chi connectivity index (χ4v) is 6.68. The molecule has 3 N–H and O–H groups in total. The zero-order valence-corrected chi connectivity index (χ0v) is 20.3. The summed E-state index contributed by atoms with van der Waals surface area (Å²) in [4.78, 5) is 41.9. The molecule has 7 nitrogen and oxygen atoms in total. The molecule has 0 spiro atoms. The quantitative estimate of drug-likeness (QED) is 0.649. The smallest absolute Gasteiger partial charge is 0.255 e. The third-order valence-corrected chi connectivity index (χ3v) is 8.76. The Morgan fingerprint density at radius 1 is 0.971 bits per heavy atom. The Morgan fingerprint density at radius 2 is 1.65 bits per heavy atom. The molecule has 2 aliphatic carbocycles. The first-order chi connectivity index (χ1) is 16.5. The van der Waals surface area contributed by atoms with Gasteiger partial charge in [0.1, 0.15) is 6.04 Å². The molecule has 1 aromatic carbocycles. The molecule has 3 amide bonds. The minimum atomic E-state index is -0.575. The van der Waals surface area contributed by atoms with E-state index in [1.807, 2.05) is 12.1 Å². The molecule has 3 fully saturated rings. The molecule has 2 heterocycles. The van der Waals surface area contributed by atoms with Crippen LogP contribution >= 0.6 is 0 Å². The highest BCUT2D eigenvalue weighted by Gasteiger charge is 2.42. The van der Waals surface area contributed by atoms with Crippen LogP contribution in [0.3, 0.4) is 0 Å². The van der Waals surface area contributed by atoms with Crippen LogP contribution in [0.25, 0.3) is 0 Å². The Kier molecular flexibility index (Phi) is 6.65. The lowest BCUT2D eigenvalue weighted by Gasteiger charge is -2.46. The second-order valence-electron chi connectivity index (χ2n) is 10.9. The summed E-state index contributed by atoms with van der Waals surface area (Å²) in [5, 5.41) is 2.42. The molecule has 5 rings (SSSR count). The van der Waals surface area contributed by atoms with Crippen molar-refractivity contribution in [2.45, 2.75) is 95.8 Å². The molecule has 0 radical (unpaired) electrons. The van der Waals surface area contributed by atoms with Crippen LogP contribution in [-0.4, -0.2) is 47.3 Å². The summed E-state index contributed by atoms with van der Waals surface area (Å²) in [6, 6.07) is 6.47. The van der Waals surface area contributed by atoms with Gasteiger partial charge in [0.2, 0.25) is 11.8 Å². The fraction of sp³-hybridized carbons (Fsp3) is 0.667. The van der Waals surface area contributed by atoms with E-state index in [-0.39, 0.29) is 24.1 Å². The predicted octanol–water partition coefficient (Wildman–Crippen LogP) is 3.35. The van der Waals surface area contributed by atoms with Crippen LogP contribution in [0, 0.1) is 11.8 Å². The van der Waals surface area contributed by atoms with E-state index < -0.39 is 6.04 Å². The lowest BCUT2D eigenvalue weighted by Crippen LogP contribution is -2.52. The Morgan fingerprint density at radius 3 is 2.29 bits per heavy atom. The zero-order valence-electron chi connectivity index (χ0n) is 20.3. The van der Waals surface area contributed by atoms with Crippen molar-refractivity contribution in [3.63, 3.8) is 0 Å². The van der Waals surface area contributed by atoms with E-state index in [9.17, 15) is 14.4 Å². The third kappa shape index (κ3) is 4.35. The molecule has 2 saturated carbocycles. The number of hydrogen-bond acceptors (Lipinski definition) is 5. The Hall–Kier alpha value is -2.41. The summed E-state index contributed by atoms with van der Waals surface area (Å²) in [6.45, 7) is 3.56. The van der Waals surface area contributed by atoms with Crippen LogP contribution in [0.1, 0.15) is 87.1 Å². The predicted molar refractivity (Wildman–Crippen MR) is 131 cm³/mol. The molecule has 184 valence electrons. The molecule has 1 saturated heterocycles. The minimum absolute atomic E-state index is 0.0876. The summed E-state index contributed by atoms with van der Waals surface area (Å²) in [5.74, 6) is 0.706. The van der Waals surface area contributed by atoms with Crippen molar-refractivity contribution in [3.8, 4) is 0 Å². The number of piperidine rings is 1. The van der Waals surface area contributed by atoms with Gasteiger partial charge in [0.05, 0.1) is 0 Å². The number of carbonyl (C=O) groups excluding carboxylic acids is 3. The summed E-state index contributed by atoms with van der Waals surface area (Å²) in [7, 11) is 0. The third-order valence-electron chi connectivity index (χ3n) is 8.76. The highest BCUT2D eigenvalue weighted by molar-refractivity contribution is 6.06. The van der Waals surface area contributed by atoms with Gasteiger partial charge in [-0.25, -0.2) is 0 Å². The number of hydrogen-bond donors (Lipinski definition) is 2. The topological polar surface area (TPSA) is 95.7 Å². The number of nitrogens with two attached hydrogens (primary N) is 1. The molecular weight excluding hydrogens is 428 g/mol. The fourth-order valence-electron chi connectivity index (χ4n) is 6.68. The highest BCUT2D eigenvalue weighted by Crippen LogP contribution is 2.41. The lowest BCUT2D eigenvalue weighted by atomic mass is 9.81. The Bertz CT molecular complexity index is 947. The monoisotopic (exact) mass is 466 g/mol. The van der Waals surface area contributed by atoms with Crippen LogP contribution in [-0.2, 0) is 16.1 Å². The average molecular weight is 467 g/mol. The normalized spacial score (nSPS) is 31.9. The molecule has 7 heteroatoms. The first-order valence-electron chi connectivity index (χ1n) is 13.2. The Balaban J connectivity index is 1.45.